The highest BCUT2D eigenvalue weighted by Crippen LogP contribution is 2.12. The first kappa shape index (κ1) is 44.6. The molecule has 0 rings (SSSR count). The molecule has 0 aliphatic carbocycles. The van der Waals surface area contributed by atoms with E-state index in [0.29, 0.717) is 12.8 Å². The fourth-order valence-electron chi connectivity index (χ4n) is 4.91. The summed E-state index contributed by atoms with van der Waals surface area (Å²) in [4.78, 5) is 23.8. The van der Waals surface area contributed by atoms with Crippen molar-refractivity contribution >= 4 is 22.3 Å². The van der Waals surface area contributed by atoms with Gasteiger partial charge in [-0.15, -0.1) is 0 Å². The van der Waals surface area contributed by atoms with Crippen molar-refractivity contribution in [1.82, 2.24) is 0 Å². The Bertz CT molecular complexity index is 732. The molecule has 0 saturated carbocycles. The number of carbonyl (C=O) groups excluding carboxylic acids is 2. The van der Waals surface area contributed by atoms with Crippen molar-refractivity contribution in [2.45, 2.75) is 194 Å². The maximum Gasteiger partial charge on any atom is 0.394 e. The molecule has 0 spiro atoms. The summed E-state index contributed by atoms with van der Waals surface area (Å²) in [7, 11) is -4.67. The summed E-state index contributed by atoms with van der Waals surface area (Å²) in [5.74, 6) is -0.684. The van der Waals surface area contributed by atoms with Crippen molar-refractivity contribution in [3.63, 3.8) is 0 Å². The zero-order chi connectivity index (χ0) is 33.0. The topological polar surface area (TPSA) is 118 Å². The largest absolute Gasteiger partial charge is 0.394 e. The lowest BCUT2D eigenvalue weighted by atomic mass is 10.1. The summed E-state index contributed by atoms with van der Waals surface area (Å²) in [5, 5.41) is 0. The highest BCUT2D eigenvalue weighted by molar-refractivity contribution is 7.79. The molecular weight excluding hydrogens is 576 g/mol. The predicted octanol–water partition coefficient (Wildman–Crippen LogP) is 11.5. The third kappa shape index (κ3) is 47.4. The van der Waals surface area contributed by atoms with Crippen LogP contribution in [0.1, 0.15) is 194 Å². The summed E-state index contributed by atoms with van der Waals surface area (Å²) < 4.78 is 36.6. The molecule has 8 heteroatoms. The van der Waals surface area contributed by atoms with Crippen molar-refractivity contribution in [3.05, 3.63) is 24.3 Å². The third-order valence-electron chi connectivity index (χ3n) is 7.51. The molecule has 0 amide bonds. The molecular formula is C36H68O7S. The molecule has 0 heterocycles. The second-order valence-electron chi connectivity index (χ2n) is 12.0. The second kappa shape index (κ2) is 36.0. The lowest BCUT2D eigenvalue weighted by molar-refractivity contribution is -0.159. The minimum atomic E-state index is -4.67. The highest BCUT2D eigenvalue weighted by Gasteiger charge is 2.09. The molecule has 0 aromatic heterocycles. The standard InChI is InChI=1S/C36H66O3.H2O4S/c1-3-5-7-9-11-13-15-17-19-21-23-25-27-29-31-33-35(37)39-36(38)34-32-30-28-26-24-22-20-18-16-14-12-10-8-6-4-2;1-5(2,3)4/h17-20H,3-16,21-34H2,1-2H3;(H2,1,2,3,4). The van der Waals surface area contributed by atoms with Gasteiger partial charge in [-0.05, 0) is 64.2 Å². The lowest BCUT2D eigenvalue weighted by Gasteiger charge is -2.04. The zero-order valence-corrected chi connectivity index (χ0v) is 29.3. The van der Waals surface area contributed by atoms with Crippen LogP contribution >= 0.6 is 0 Å². The summed E-state index contributed by atoms with van der Waals surface area (Å²) in [6, 6.07) is 0. The van der Waals surface area contributed by atoms with E-state index < -0.39 is 10.4 Å². The second-order valence-corrected chi connectivity index (χ2v) is 12.9. The smallest absolute Gasteiger partial charge is 0.393 e. The number of allylic oxidation sites excluding steroid dienone is 4. The molecule has 0 unspecified atom stereocenters. The predicted molar refractivity (Wildman–Crippen MR) is 184 cm³/mol. The van der Waals surface area contributed by atoms with Gasteiger partial charge in [0, 0.05) is 12.8 Å². The van der Waals surface area contributed by atoms with Crippen LogP contribution in [0.15, 0.2) is 24.3 Å². The molecule has 7 nitrogen and oxygen atoms in total. The summed E-state index contributed by atoms with van der Waals surface area (Å²) in [6.07, 6.45) is 42.2. The molecule has 0 aliphatic heterocycles. The minimum absolute atomic E-state index is 0.342. The Morgan fingerprint density at radius 1 is 0.455 bits per heavy atom. The van der Waals surface area contributed by atoms with E-state index >= 15 is 0 Å². The summed E-state index contributed by atoms with van der Waals surface area (Å²) in [6.45, 7) is 4.53. The Hall–Kier alpha value is -1.51. The van der Waals surface area contributed by atoms with Gasteiger partial charge < -0.3 is 4.74 Å². The van der Waals surface area contributed by atoms with Gasteiger partial charge in [-0.25, -0.2) is 0 Å². The first-order valence-electron chi connectivity index (χ1n) is 17.9. The molecule has 2 N–H and O–H groups in total. The van der Waals surface area contributed by atoms with Gasteiger partial charge in [0.1, 0.15) is 0 Å². The van der Waals surface area contributed by atoms with Crippen molar-refractivity contribution in [3.8, 4) is 0 Å². The average molecular weight is 645 g/mol. The van der Waals surface area contributed by atoms with Gasteiger partial charge in [-0.3, -0.25) is 18.7 Å². The lowest BCUT2D eigenvalue weighted by Crippen LogP contribution is -2.11. The van der Waals surface area contributed by atoms with Crippen molar-refractivity contribution in [2.24, 2.45) is 0 Å². The molecule has 0 radical (unpaired) electrons. The Morgan fingerprint density at radius 3 is 0.955 bits per heavy atom. The van der Waals surface area contributed by atoms with Gasteiger partial charge >= 0.3 is 22.3 Å². The molecule has 0 aromatic rings. The van der Waals surface area contributed by atoms with E-state index in [-0.39, 0.29) is 11.9 Å². The monoisotopic (exact) mass is 644 g/mol. The first-order valence-corrected chi connectivity index (χ1v) is 19.3. The molecule has 0 atom stereocenters. The number of unbranched alkanes of at least 4 members (excludes halogenated alkanes) is 22. The van der Waals surface area contributed by atoms with E-state index in [1.807, 2.05) is 0 Å². The Labute approximate surface area is 271 Å². The van der Waals surface area contributed by atoms with E-state index in [1.165, 1.54) is 128 Å². The normalized spacial score (nSPS) is 11.6. The molecule has 0 bridgehead atoms. The van der Waals surface area contributed by atoms with E-state index in [2.05, 4.69) is 38.2 Å². The van der Waals surface area contributed by atoms with E-state index in [4.69, 9.17) is 22.3 Å². The SMILES string of the molecule is CCCCCCCCC=CCCCCCCCC(=O)OC(=O)CCCCCCCC=CCCCCCCCC.O=S(=O)(O)O. The summed E-state index contributed by atoms with van der Waals surface area (Å²) >= 11 is 0. The van der Waals surface area contributed by atoms with Gasteiger partial charge in [-0.2, -0.15) is 8.42 Å². The van der Waals surface area contributed by atoms with Crippen molar-refractivity contribution < 1.29 is 31.8 Å². The van der Waals surface area contributed by atoms with Gasteiger partial charge in [0.15, 0.2) is 0 Å². The zero-order valence-electron chi connectivity index (χ0n) is 28.5. The van der Waals surface area contributed by atoms with Gasteiger partial charge in [-0.1, -0.05) is 141 Å². The van der Waals surface area contributed by atoms with Crippen LogP contribution in [-0.2, 0) is 24.7 Å². The number of rotatable bonds is 30. The molecule has 0 aliphatic rings. The van der Waals surface area contributed by atoms with Gasteiger partial charge in [0.05, 0.1) is 0 Å². The number of hydrogen-bond donors (Lipinski definition) is 2. The van der Waals surface area contributed by atoms with Gasteiger partial charge in [0.25, 0.3) is 0 Å². The number of ether oxygens (including phenoxy) is 1. The molecule has 260 valence electrons. The molecule has 0 aromatic carbocycles. The molecule has 44 heavy (non-hydrogen) atoms. The van der Waals surface area contributed by atoms with Crippen LogP contribution in [0.2, 0.25) is 0 Å². The van der Waals surface area contributed by atoms with E-state index in [9.17, 15) is 9.59 Å². The van der Waals surface area contributed by atoms with Crippen molar-refractivity contribution in [1.29, 1.82) is 0 Å². The Kier molecular flexibility index (Phi) is 36.5. The van der Waals surface area contributed by atoms with Crippen LogP contribution in [0.4, 0.5) is 0 Å². The fraction of sp³-hybridized carbons (Fsp3) is 0.833. The summed E-state index contributed by atoms with van der Waals surface area (Å²) in [5.41, 5.74) is 0. The van der Waals surface area contributed by atoms with Gasteiger partial charge in [0.2, 0.25) is 0 Å². The van der Waals surface area contributed by atoms with Crippen LogP contribution in [0.25, 0.3) is 0 Å². The van der Waals surface area contributed by atoms with Crippen LogP contribution in [0.3, 0.4) is 0 Å². The maximum atomic E-state index is 11.9. The number of hydrogen-bond acceptors (Lipinski definition) is 5. The quantitative estimate of drug-likeness (QED) is 0.0262. The number of carbonyl (C=O) groups is 2. The minimum Gasteiger partial charge on any atom is -0.393 e. The first-order chi connectivity index (χ1) is 21.2. The van der Waals surface area contributed by atoms with E-state index in [1.54, 1.807) is 0 Å². The molecule has 0 fully saturated rings. The van der Waals surface area contributed by atoms with Crippen LogP contribution in [0, 0.1) is 0 Å². The highest BCUT2D eigenvalue weighted by atomic mass is 32.3. The van der Waals surface area contributed by atoms with Crippen LogP contribution < -0.4 is 0 Å². The average Bonchev–Trinajstić information content (AvgIpc) is 2.96. The third-order valence-corrected chi connectivity index (χ3v) is 7.51. The van der Waals surface area contributed by atoms with Crippen molar-refractivity contribution in [2.75, 3.05) is 0 Å². The number of esters is 2. The molecule has 0 saturated heterocycles. The van der Waals surface area contributed by atoms with E-state index in [0.717, 1.165) is 38.5 Å². The van der Waals surface area contributed by atoms with Crippen LogP contribution in [-0.4, -0.2) is 29.5 Å². The van der Waals surface area contributed by atoms with Crippen LogP contribution in [0.5, 0.6) is 0 Å². The Balaban J connectivity index is 0. The Morgan fingerprint density at radius 2 is 0.682 bits per heavy atom. The fourth-order valence-corrected chi connectivity index (χ4v) is 4.91. The maximum absolute atomic E-state index is 11.9.